The second-order valence-electron chi connectivity index (χ2n) is 8.84. The third kappa shape index (κ3) is 2.35. The zero-order valence-electron chi connectivity index (χ0n) is 18.3. The normalized spacial score (nSPS) is 41.8. The van der Waals surface area contributed by atoms with E-state index in [0.29, 0.717) is 17.1 Å². The van der Waals surface area contributed by atoms with Gasteiger partial charge in [0.25, 0.3) is 11.6 Å². The summed E-state index contributed by atoms with van der Waals surface area (Å²) in [5.74, 6) is -0.208. The molecule has 2 spiro atoms. The lowest BCUT2D eigenvalue weighted by atomic mass is 9.75. The number of methoxy groups -OCH3 is 2. The van der Waals surface area contributed by atoms with Gasteiger partial charge in [-0.05, 0) is 12.1 Å². The summed E-state index contributed by atoms with van der Waals surface area (Å²) in [6, 6.07) is 3.46. The number of likely N-dealkylation sites (N-methyl/N-ethyl adjacent to an activating group) is 1. The van der Waals surface area contributed by atoms with Crippen LogP contribution in [0.1, 0.15) is 17.2 Å². The molecule has 0 aromatic heterocycles. The van der Waals surface area contributed by atoms with Gasteiger partial charge in [-0.25, -0.2) is 0 Å². The van der Waals surface area contributed by atoms with Gasteiger partial charge in [0.1, 0.15) is 29.2 Å². The van der Waals surface area contributed by atoms with Crippen molar-refractivity contribution in [3.8, 4) is 17.2 Å². The molecule has 1 aromatic rings. The Kier molecular flexibility index (Phi) is 4.56. The Morgan fingerprint density at radius 2 is 1.91 bits per heavy atom. The van der Waals surface area contributed by atoms with Gasteiger partial charge in [-0.1, -0.05) is 33.7 Å². The quantitative estimate of drug-likeness (QED) is 0.365. The number of aliphatic hydroxyl groups excluding tert-OH is 2. The molecule has 5 heterocycles. The number of nitrogens with zero attached hydrogens (tertiary/aromatic N) is 2. The molecule has 11 nitrogen and oxygen atoms in total. The first-order valence-corrected chi connectivity index (χ1v) is 12.7. The minimum absolute atomic E-state index is 0.284. The fourth-order valence-corrected chi connectivity index (χ4v) is 9.17. The van der Waals surface area contributed by atoms with E-state index in [9.17, 15) is 24.9 Å². The molecule has 0 radical (unpaired) electrons. The zero-order chi connectivity index (χ0) is 24.2. The van der Waals surface area contributed by atoms with Gasteiger partial charge in [0.2, 0.25) is 10.6 Å². The summed E-state index contributed by atoms with van der Waals surface area (Å²) in [4.78, 5) is 33.4. The number of fused-ring (bicyclic) bond motifs is 4. The molecule has 13 heteroatoms. The first-order chi connectivity index (χ1) is 16.2. The van der Waals surface area contributed by atoms with Gasteiger partial charge >= 0.3 is 5.91 Å². The van der Waals surface area contributed by atoms with Crippen molar-refractivity contribution in [1.29, 1.82) is 0 Å². The Morgan fingerprint density at radius 3 is 2.62 bits per heavy atom. The van der Waals surface area contributed by atoms with Gasteiger partial charge in [0.15, 0.2) is 11.5 Å². The van der Waals surface area contributed by atoms with Crippen LogP contribution in [0.25, 0.3) is 0 Å². The second-order valence-corrected chi connectivity index (χ2v) is 11.4. The monoisotopic (exact) mass is 510 g/mol. The smallest absolute Gasteiger partial charge is 0.315 e. The Balaban J connectivity index is 1.52. The van der Waals surface area contributed by atoms with E-state index in [4.69, 9.17) is 19.0 Å². The Morgan fingerprint density at radius 1 is 1.15 bits per heavy atom. The molecule has 4 fully saturated rings. The SMILES string of the molecule is COc1ccc2c(c1OC)O[C@]13C(=O)N4O[C@H]5[C@H](O)C=C[C@@H](O)[C@@]5(O)C[C@@]4(SS[C@H]21)C(=O)N3C. The van der Waals surface area contributed by atoms with Crippen LogP contribution in [0, 0.1) is 0 Å². The topological polar surface area (TPSA) is 138 Å². The van der Waals surface area contributed by atoms with E-state index in [0.717, 1.165) is 15.9 Å². The average Bonchev–Trinajstić information content (AvgIpc) is 3.08. The summed E-state index contributed by atoms with van der Waals surface area (Å²) < 4.78 is 17.2. The van der Waals surface area contributed by atoms with E-state index >= 15 is 0 Å². The standard InChI is InChI=1S/C21H22N2O9S2/c1-22-17(26)20-8-19(28)12(25)7-5-10(24)15(19)32-23(20)18(27)21(22)16(33-34-20)9-4-6-11(29-2)14(30-3)13(9)31-21/h4-7,10,12,15-16,24-25,28H,8H2,1-3H3/t10-,12-,15+,16-,19+,20-,21+/m1/s1. The lowest BCUT2D eigenvalue weighted by molar-refractivity contribution is -0.337. The van der Waals surface area contributed by atoms with E-state index in [1.54, 1.807) is 12.1 Å². The highest BCUT2D eigenvalue weighted by molar-refractivity contribution is 8.77. The molecule has 5 aliphatic heterocycles. The van der Waals surface area contributed by atoms with Crippen molar-refractivity contribution in [2.45, 2.75) is 46.2 Å². The van der Waals surface area contributed by atoms with Crippen LogP contribution in [-0.2, 0) is 14.4 Å². The van der Waals surface area contributed by atoms with Gasteiger partial charge in [-0.3, -0.25) is 19.3 Å². The van der Waals surface area contributed by atoms with Gasteiger partial charge in [0, 0.05) is 19.0 Å². The number of amides is 2. The van der Waals surface area contributed by atoms with Crippen molar-refractivity contribution in [1.82, 2.24) is 9.96 Å². The van der Waals surface area contributed by atoms with Crippen molar-refractivity contribution in [2.24, 2.45) is 0 Å². The number of piperazine rings is 1. The number of hydrogen-bond acceptors (Lipinski definition) is 11. The van der Waals surface area contributed by atoms with Crippen LogP contribution in [0.15, 0.2) is 24.3 Å². The van der Waals surface area contributed by atoms with Crippen molar-refractivity contribution < 1.29 is 44.0 Å². The molecule has 7 atom stereocenters. The van der Waals surface area contributed by atoms with Crippen LogP contribution >= 0.6 is 21.6 Å². The third-order valence-electron chi connectivity index (χ3n) is 7.21. The Hall–Kier alpha value is -2.16. The fraction of sp³-hybridized carbons (Fsp3) is 0.524. The predicted octanol–water partition coefficient (Wildman–Crippen LogP) is -0.0479. The van der Waals surface area contributed by atoms with Crippen molar-refractivity contribution in [3.05, 3.63) is 29.8 Å². The molecule has 0 unspecified atom stereocenters. The molecule has 3 N–H and O–H groups in total. The molecule has 34 heavy (non-hydrogen) atoms. The van der Waals surface area contributed by atoms with Gasteiger partial charge in [-0.15, -0.1) is 0 Å². The minimum atomic E-state index is -1.99. The maximum Gasteiger partial charge on any atom is 0.315 e. The Labute approximate surface area is 201 Å². The van der Waals surface area contributed by atoms with Gasteiger partial charge in [-0.2, -0.15) is 5.06 Å². The fourth-order valence-electron chi connectivity index (χ4n) is 5.43. The van der Waals surface area contributed by atoms with E-state index in [1.165, 1.54) is 49.1 Å². The lowest BCUT2D eigenvalue weighted by Gasteiger charge is -2.58. The minimum Gasteiger partial charge on any atom is -0.493 e. The molecule has 182 valence electrons. The number of carbonyl (C=O) groups is 2. The number of benzene rings is 1. The second kappa shape index (κ2) is 6.95. The predicted molar refractivity (Wildman–Crippen MR) is 119 cm³/mol. The highest BCUT2D eigenvalue weighted by Gasteiger charge is 2.78. The average molecular weight is 511 g/mol. The zero-order valence-corrected chi connectivity index (χ0v) is 20.0. The van der Waals surface area contributed by atoms with Crippen molar-refractivity contribution >= 4 is 33.4 Å². The van der Waals surface area contributed by atoms with Crippen LogP contribution in [0.3, 0.4) is 0 Å². The molecular formula is C21H22N2O9S2. The molecule has 2 amide bonds. The number of hydrogen-bond donors (Lipinski definition) is 3. The van der Waals surface area contributed by atoms with Crippen molar-refractivity contribution in [3.63, 3.8) is 0 Å². The molecule has 1 aliphatic carbocycles. The van der Waals surface area contributed by atoms with Gasteiger partial charge < -0.3 is 29.5 Å². The number of carbonyl (C=O) groups excluding carboxylic acids is 2. The summed E-state index contributed by atoms with van der Waals surface area (Å²) in [5, 5.41) is 32.7. The lowest BCUT2D eigenvalue weighted by Crippen LogP contribution is -2.81. The van der Waals surface area contributed by atoms with Crippen molar-refractivity contribution in [2.75, 3.05) is 21.3 Å². The maximum atomic E-state index is 14.1. The van der Waals surface area contributed by atoms with Gasteiger partial charge in [0.05, 0.1) is 14.2 Å². The molecule has 0 saturated carbocycles. The molecular weight excluding hydrogens is 488 g/mol. The van der Waals surface area contributed by atoms with E-state index < -0.39 is 51.6 Å². The number of rotatable bonds is 2. The summed E-state index contributed by atoms with van der Waals surface area (Å²) in [7, 11) is 6.72. The third-order valence-corrected chi connectivity index (χ3v) is 10.5. The summed E-state index contributed by atoms with van der Waals surface area (Å²) in [6.07, 6.45) is -1.86. The molecule has 7 rings (SSSR count). The summed E-state index contributed by atoms with van der Waals surface area (Å²) in [6.45, 7) is 0. The van der Waals surface area contributed by atoms with E-state index in [-0.39, 0.29) is 12.2 Å². The highest BCUT2D eigenvalue weighted by atomic mass is 33.1. The molecule has 2 bridgehead atoms. The largest absolute Gasteiger partial charge is 0.493 e. The summed E-state index contributed by atoms with van der Waals surface area (Å²) in [5.41, 5.74) is -3.15. The van der Waals surface area contributed by atoms with Crippen LogP contribution in [0.5, 0.6) is 17.2 Å². The first-order valence-electron chi connectivity index (χ1n) is 10.5. The number of aliphatic hydroxyl groups is 3. The number of hydroxylamine groups is 2. The molecule has 4 saturated heterocycles. The van der Waals surface area contributed by atoms with Crippen LogP contribution in [-0.4, -0.2) is 92.9 Å². The van der Waals surface area contributed by atoms with E-state index in [1.807, 2.05) is 0 Å². The summed E-state index contributed by atoms with van der Waals surface area (Å²) >= 11 is 0. The van der Waals surface area contributed by atoms with E-state index in [2.05, 4.69) is 0 Å². The Bertz CT molecular complexity index is 1150. The first kappa shape index (κ1) is 22.3. The van der Waals surface area contributed by atoms with Crippen LogP contribution in [0.4, 0.5) is 0 Å². The molecule has 6 aliphatic rings. The van der Waals surface area contributed by atoms with Crippen LogP contribution < -0.4 is 14.2 Å². The number of ether oxygens (including phenoxy) is 3. The van der Waals surface area contributed by atoms with Crippen LogP contribution in [0.2, 0.25) is 0 Å². The molecule has 1 aromatic carbocycles. The highest BCUT2D eigenvalue weighted by Crippen LogP contribution is 2.68. The maximum absolute atomic E-state index is 14.1.